The zero-order valence-corrected chi connectivity index (χ0v) is 14.8. The van der Waals surface area contributed by atoms with E-state index in [1.807, 2.05) is 6.07 Å². The molecule has 0 aliphatic rings. The van der Waals surface area contributed by atoms with Gasteiger partial charge in [-0.2, -0.15) is 0 Å². The van der Waals surface area contributed by atoms with Gasteiger partial charge in [-0.3, -0.25) is 14.8 Å². The highest BCUT2D eigenvalue weighted by molar-refractivity contribution is 14.0. The first-order valence-corrected chi connectivity index (χ1v) is 6.16. The lowest BCUT2D eigenvalue weighted by Crippen LogP contribution is -2.42. The Morgan fingerprint density at radius 2 is 2.10 bits per heavy atom. The fourth-order valence-electron chi connectivity index (χ4n) is 1.22. The van der Waals surface area contributed by atoms with Crippen LogP contribution in [0.1, 0.15) is 5.69 Å². The Kier molecular flexibility index (Phi) is 9.23. The van der Waals surface area contributed by atoms with Gasteiger partial charge in [-0.1, -0.05) is 11.6 Å². The lowest BCUT2D eigenvalue weighted by Gasteiger charge is -2.14. The molecule has 6 nitrogen and oxygen atoms in total. The van der Waals surface area contributed by atoms with Crippen LogP contribution in [0.15, 0.2) is 23.3 Å². The van der Waals surface area contributed by atoms with E-state index in [4.69, 9.17) is 11.6 Å². The number of aromatic nitrogens is 1. The number of guanidine groups is 1. The van der Waals surface area contributed by atoms with E-state index in [-0.39, 0.29) is 36.4 Å². The first kappa shape index (κ1) is 18.9. The van der Waals surface area contributed by atoms with Crippen molar-refractivity contribution in [2.75, 3.05) is 27.7 Å². The van der Waals surface area contributed by atoms with Gasteiger partial charge in [0.15, 0.2) is 5.96 Å². The van der Waals surface area contributed by atoms with Gasteiger partial charge in [0.1, 0.15) is 0 Å². The van der Waals surface area contributed by atoms with Crippen LogP contribution in [-0.4, -0.2) is 49.4 Å². The minimum atomic E-state index is -0.0208. The fourth-order valence-corrected chi connectivity index (χ4v) is 1.34. The second kappa shape index (κ2) is 9.76. The highest BCUT2D eigenvalue weighted by Crippen LogP contribution is 2.05. The first-order chi connectivity index (χ1) is 9.02. The van der Waals surface area contributed by atoms with Crippen LogP contribution < -0.4 is 10.6 Å². The van der Waals surface area contributed by atoms with Crippen LogP contribution in [0.5, 0.6) is 0 Å². The molecule has 1 aromatic rings. The predicted octanol–water partition coefficient (Wildman–Crippen LogP) is 1.11. The van der Waals surface area contributed by atoms with Crippen molar-refractivity contribution in [3.8, 4) is 0 Å². The van der Waals surface area contributed by atoms with Crippen molar-refractivity contribution in [1.82, 2.24) is 20.5 Å². The van der Waals surface area contributed by atoms with E-state index >= 15 is 0 Å². The SMILES string of the molecule is CN=C(NCC(=O)N(C)C)NCc1ccc(Cl)cn1.I. The maximum absolute atomic E-state index is 11.4. The summed E-state index contributed by atoms with van der Waals surface area (Å²) in [4.78, 5) is 21.1. The summed E-state index contributed by atoms with van der Waals surface area (Å²) in [6.45, 7) is 0.702. The van der Waals surface area contributed by atoms with E-state index in [2.05, 4.69) is 20.6 Å². The minimum Gasteiger partial charge on any atom is -0.351 e. The molecule has 0 atom stereocenters. The van der Waals surface area contributed by atoms with Crippen molar-refractivity contribution >= 4 is 47.4 Å². The number of aliphatic imine (C=N–C) groups is 1. The summed E-state index contributed by atoms with van der Waals surface area (Å²) < 4.78 is 0. The predicted molar refractivity (Wildman–Crippen MR) is 91.6 cm³/mol. The van der Waals surface area contributed by atoms with E-state index in [1.54, 1.807) is 33.4 Å². The molecule has 0 bridgehead atoms. The molecule has 0 saturated heterocycles. The molecule has 1 amide bonds. The van der Waals surface area contributed by atoms with Gasteiger partial charge in [0.25, 0.3) is 0 Å². The summed E-state index contributed by atoms with van der Waals surface area (Å²) in [6, 6.07) is 3.60. The first-order valence-electron chi connectivity index (χ1n) is 5.78. The van der Waals surface area contributed by atoms with Gasteiger partial charge in [-0.05, 0) is 12.1 Å². The third-order valence-electron chi connectivity index (χ3n) is 2.36. The van der Waals surface area contributed by atoms with Crippen LogP contribution in [0, 0.1) is 0 Å². The van der Waals surface area contributed by atoms with E-state index in [1.165, 1.54) is 4.90 Å². The summed E-state index contributed by atoms with van der Waals surface area (Å²) in [5, 5.41) is 6.59. The average Bonchev–Trinajstić information content (AvgIpc) is 2.40. The van der Waals surface area contributed by atoms with E-state index < -0.39 is 0 Å². The van der Waals surface area contributed by atoms with Gasteiger partial charge in [0, 0.05) is 27.3 Å². The molecular formula is C12H19ClIN5O. The molecule has 0 aliphatic carbocycles. The Labute approximate surface area is 141 Å². The van der Waals surface area contributed by atoms with Crippen molar-refractivity contribution in [3.05, 3.63) is 29.0 Å². The smallest absolute Gasteiger partial charge is 0.241 e. The molecule has 1 rings (SSSR count). The molecule has 2 N–H and O–H groups in total. The fraction of sp³-hybridized carbons (Fsp3) is 0.417. The van der Waals surface area contributed by atoms with Crippen molar-refractivity contribution in [3.63, 3.8) is 0 Å². The third-order valence-corrected chi connectivity index (χ3v) is 2.58. The Morgan fingerprint density at radius 1 is 1.40 bits per heavy atom. The normalized spacial score (nSPS) is 10.5. The van der Waals surface area contributed by atoms with Gasteiger partial charge in [-0.25, -0.2) is 0 Å². The summed E-state index contributed by atoms with van der Waals surface area (Å²) in [7, 11) is 5.06. The van der Waals surface area contributed by atoms with Gasteiger partial charge >= 0.3 is 0 Å². The lowest BCUT2D eigenvalue weighted by atomic mass is 10.3. The maximum atomic E-state index is 11.4. The molecular weight excluding hydrogens is 393 g/mol. The zero-order valence-electron chi connectivity index (χ0n) is 11.7. The molecule has 0 saturated carbocycles. The topological polar surface area (TPSA) is 69.6 Å². The number of nitrogens with one attached hydrogen (secondary N) is 2. The van der Waals surface area contributed by atoms with Crippen molar-refractivity contribution in [2.24, 2.45) is 4.99 Å². The summed E-state index contributed by atoms with van der Waals surface area (Å²) in [5.74, 6) is 0.527. The van der Waals surface area contributed by atoms with Crippen LogP contribution in [0.4, 0.5) is 0 Å². The van der Waals surface area contributed by atoms with Crippen molar-refractivity contribution in [2.45, 2.75) is 6.54 Å². The minimum absolute atomic E-state index is 0. The highest BCUT2D eigenvalue weighted by Gasteiger charge is 2.05. The van der Waals surface area contributed by atoms with Gasteiger partial charge in [-0.15, -0.1) is 24.0 Å². The van der Waals surface area contributed by atoms with Crippen LogP contribution in [0.3, 0.4) is 0 Å². The molecule has 0 fully saturated rings. The Hall–Kier alpha value is -1.09. The highest BCUT2D eigenvalue weighted by atomic mass is 127. The summed E-state index contributed by atoms with van der Waals surface area (Å²) in [5.41, 5.74) is 0.839. The Morgan fingerprint density at radius 3 is 2.60 bits per heavy atom. The molecule has 20 heavy (non-hydrogen) atoms. The monoisotopic (exact) mass is 411 g/mol. The quantitative estimate of drug-likeness (QED) is 0.442. The molecule has 0 aromatic carbocycles. The standard InChI is InChI=1S/C12H18ClN5O.HI/c1-14-12(17-8-11(19)18(2)3)16-7-10-5-4-9(13)6-15-10;/h4-6H,7-8H2,1-3H3,(H2,14,16,17);1H. The number of carbonyl (C=O) groups is 1. The summed E-state index contributed by atoms with van der Waals surface area (Å²) in [6.07, 6.45) is 1.59. The van der Waals surface area contributed by atoms with Crippen LogP contribution in [-0.2, 0) is 11.3 Å². The van der Waals surface area contributed by atoms with Crippen molar-refractivity contribution < 1.29 is 4.79 Å². The van der Waals surface area contributed by atoms with Crippen LogP contribution in [0.25, 0.3) is 0 Å². The second-order valence-electron chi connectivity index (χ2n) is 4.04. The van der Waals surface area contributed by atoms with E-state index in [9.17, 15) is 4.79 Å². The Bertz CT molecular complexity index is 450. The maximum Gasteiger partial charge on any atom is 0.241 e. The van der Waals surface area contributed by atoms with Crippen LogP contribution >= 0.6 is 35.6 Å². The number of hydrogen-bond donors (Lipinski definition) is 2. The van der Waals surface area contributed by atoms with Gasteiger partial charge in [0.2, 0.25) is 5.91 Å². The lowest BCUT2D eigenvalue weighted by molar-refractivity contribution is -0.127. The molecule has 1 aromatic heterocycles. The number of halogens is 2. The van der Waals surface area contributed by atoms with Gasteiger partial charge < -0.3 is 15.5 Å². The number of hydrogen-bond acceptors (Lipinski definition) is 3. The Balaban J connectivity index is 0.00000361. The van der Waals surface area contributed by atoms with Crippen LogP contribution in [0.2, 0.25) is 5.02 Å². The molecule has 112 valence electrons. The van der Waals surface area contributed by atoms with E-state index in [0.717, 1.165) is 5.69 Å². The molecule has 8 heteroatoms. The number of nitrogens with zero attached hydrogens (tertiary/aromatic N) is 3. The molecule has 0 radical (unpaired) electrons. The second-order valence-corrected chi connectivity index (χ2v) is 4.47. The molecule has 0 spiro atoms. The molecule has 1 heterocycles. The zero-order chi connectivity index (χ0) is 14.3. The van der Waals surface area contributed by atoms with E-state index in [0.29, 0.717) is 17.5 Å². The number of pyridine rings is 1. The average molecular weight is 412 g/mol. The summed E-state index contributed by atoms with van der Waals surface area (Å²) >= 11 is 5.75. The number of rotatable bonds is 4. The number of amides is 1. The molecule has 0 aliphatic heterocycles. The third kappa shape index (κ3) is 6.90. The van der Waals surface area contributed by atoms with Gasteiger partial charge in [0.05, 0.1) is 23.8 Å². The number of carbonyl (C=O) groups excluding carboxylic acids is 1. The number of likely N-dealkylation sites (N-methyl/N-ethyl adjacent to an activating group) is 1. The largest absolute Gasteiger partial charge is 0.351 e. The van der Waals surface area contributed by atoms with Crippen molar-refractivity contribution in [1.29, 1.82) is 0 Å². The molecule has 0 unspecified atom stereocenters.